The summed E-state index contributed by atoms with van der Waals surface area (Å²) < 4.78 is 68.5. The number of esters is 2. The van der Waals surface area contributed by atoms with Gasteiger partial charge in [0.2, 0.25) is 5.97 Å². The second kappa shape index (κ2) is 37.8. The first kappa shape index (κ1) is 67.3. The number of alkyl halides is 4. The Morgan fingerprint density at radius 3 is 1.29 bits per heavy atom. The van der Waals surface area contributed by atoms with Crippen LogP contribution in [0.15, 0.2) is 34.1 Å². The minimum atomic E-state index is -2.98. The van der Waals surface area contributed by atoms with Crippen molar-refractivity contribution in [3.8, 4) is 0 Å². The summed E-state index contributed by atoms with van der Waals surface area (Å²) in [4.78, 5) is 98.6. The standard InChI is InChI=1S/C18H28F2N2O3.C16H21F2NO4.C4H6O4.C3H8.C2H3BO2.Na/c1-6-25-18(24)15(9-12(2)3)22-11-13(7-8-21(4)5)10-14(16(19)20)17(22)23;1-4-23-16(22)13(7-10(2)3)19-9-11(5-6-20)8-12(14(17)18)15(19)21;1-3(5)7-8-4(2)6;1-3-2;1-2(4)5-3;/h10-12,15-16H,6-9H2,1-5H3;6,8-10,13-14H,4-5,7H2,1-3H3;1-2H3;3H2,1-2H3;1H3;/q;;;;-1;+1. The van der Waals surface area contributed by atoms with Gasteiger partial charge in [0.05, 0.1) is 24.3 Å². The Labute approximate surface area is 402 Å². The van der Waals surface area contributed by atoms with Gasteiger partial charge in [0, 0.05) is 46.1 Å². The van der Waals surface area contributed by atoms with E-state index in [4.69, 9.17) is 9.47 Å². The molecule has 65 heavy (non-hydrogen) atoms. The molecule has 22 heteroatoms. The summed E-state index contributed by atoms with van der Waals surface area (Å²) in [6, 6.07) is 0.357. The molecule has 0 aliphatic heterocycles. The molecule has 2 unspecified atom stereocenters. The van der Waals surface area contributed by atoms with Crippen LogP contribution < -0.4 is 40.7 Å². The summed E-state index contributed by atoms with van der Waals surface area (Å²) in [5, 5.41) is 0. The number of rotatable bonds is 17. The molecule has 363 valence electrons. The Morgan fingerprint density at radius 2 is 1.03 bits per heavy atom. The van der Waals surface area contributed by atoms with E-state index in [1.54, 1.807) is 13.8 Å². The van der Waals surface area contributed by atoms with Crippen LogP contribution in [0.5, 0.6) is 0 Å². The fourth-order valence-corrected chi connectivity index (χ4v) is 4.98. The van der Waals surface area contributed by atoms with E-state index in [1.165, 1.54) is 31.8 Å². The molecular weight excluding hydrogens is 876 g/mol. The van der Waals surface area contributed by atoms with E-state index in [2.05, 4.69) is 36.3 Å². The van der Waals surface area contributed by atoms with Gasteiger partial charge >= 0.3 is 53.4 Å². The molecule has 2 atom stereocenters. The van der Waals surface area contributed by atoms with E-state index < -0.39 is 77.0 Å². The van der Waals surface area contributed by atoms with Gasteiger partial charge in [-0.25, -0.2) is 46.5 Å². The molecule has 0 bridgehead atoms. The van der Waals surface area contributed by atoms with Crippen molar-refractivity contribution in [2.24, 2.45) is 11.8 Å². The van der Waals surface area contributed by atoms with Crippen LogP contribution >= 0.6 is 0 Å². The molecule has 2 rings (SSSR count). The summed E-state index contributed by atoms with van der Waals surface area (Å²) >= 11 is 0. The topological polar surface area (TPSA) is 196 Å². The van der Waals surface area contributed by atoms with Crippen LogP contribution in [0.25, 0.3) is 0 Å². The van der Waals surface area contributed by atoms with Crippen molar-refractivity contribution >= 4 is 44.2 Å². The second-order valence-corrected chi connectivity index (χ2v) is 14.8. The number of carbonyl (C=O) groups is 6. The molecule has 0 aliphatic carbocycles. The molecule has 0 spiro atoms. The number of aromatic nitrogens is 2. The number of nitrogens with zero attached hydrogens (tertiary/aromatic N) is 3. The van der Waals surface area contributed by atoms with E-state index in [-0.39, 0.29) is 73.0 Å². The average molecular weight is 943 g/mol. The molecular formula is C43H66BF4N3NaO13. The Morgan fingerprint density at radius 1 is 0.692 bits per heavy atom. The van der Waals surface area contributed by atoms with E-state index in [1.807, 2.05) is 46.7 Å². The second-order valence-electron chi connectivity index (χ2n) is 14.8. The van der Waals surface area contributed by atoms with Crippen molar-refractivity contribution in [3.05, 3.63) is 67.5 Å². The van der Waals surface area contributed by atoms with Crippen LogP contribution in [-0.2, 0) is 65.5 Å². The van der Waals surface area contributed by atoms with Crippen LogP contribution in [0, 0.1) is 11.8 Å². The number of likely N-dealkylation sites (N-methyl/N-ethyl adjacent to an activating group) is 1. The third kappa shape index (κ3) is 30.5. The van der Waals surface area contributed by atoms with Crippen LogP contribution in [0.1, 0.15) is 143 Å². The number of hydrogen-bond acceptors (Lipinski definition) is 14. The number of hydrogen-bond donors (Lipinski definition) is 0. The predicted octanol–water partition coefficient (Wildman–Crippen LogP) is 3.80. The van der Waals surface area contributed by atoms with Gasteiger partial charge in [-0.2, -0.15) is 0 Å². The molecule has 2 aromatic rings. The molecule has 0 amide bonds. The third-order valence-electron chi connectivity index (χ3n) is 7.51. The normalized spacial score (nSPS) is 11.1. The van der Waals surface area contributed by atoms with Crippen LogP contribution in [0.2, 0.25) is 0 Å². The zero-order chi connectivity index (χ0) is 50.3. The fourth-order valence-electron chi connectivity index (χ4n) is 4.98. The van der Waals surface area contributed by atoms with Crippen LogP contribution in [0.4, 0.5) is 17.6 Å². The SMILES string of the molecule is CC(=O)OOC(C)=O.CCC.CCOC(=O)C(CC(C)C)n1cc(CC=O)cc(C(F)F)c1=O.CCOC(=O)C(CC(C)C)n1cc(CCN(C)C)cc(C(F)F)c1=O.[B-]OC(C)=O.[Na+]. The van der Waals surface area contributed by atoms with Gasteiger partial charge < -0.3 is 41.0 Å². The number of carbonyl (C=O) groups excluding carboxylic acids is 6. The Hall–Kier alpha value is -4.34. The largest absolute Gasteiger partial charge is 1.00 e. The molecule has 0 aliphatic rings. The van der Waals surface area contributed by atoms with Crippen molar-refractivity contribution in [2.75, 3.05) is 33.9 Å². The number of pyridine rings is 2. The Bertz CT molecular complexity index is 1830. The molecule has 0 N–H and O–H groups in total. The van der Waals surface area contributed by atoms with Crippen molar-refractivity contribution in [3.63, 3.8) is 0 Å². The third-order valence-corrected chi connectivity index (χ3v) is 7.51. The summed E-state index contributed by atoms with van der Waals surface area (Å²) in [5.74, 6) is -2.82. The van der Waals surface area contributed by atoms with Gasteiger partial charge in [-0.05, 0) is 82.3 Å². The maximum absolute atomic E-state index is 13.3. The summed E-state index contributed by atoms with van der Waals surface area (Å²) in [6.07, 6.45) is -0.260. The molecule has 0 fully saturated rings. The molecule has 2 heterocycles. The van der Waals surface area contributed by atoms with E-state index >= 15 is 0 Å². The molecule has 0 saturated heterocycles. The van der Waals surface area contributed by atoms with Crippen LogP contribution in [-0.4, -0.2) is 92.1 Å². The van der Waals surface area contributed by atoms with Gasteiger partial charge in [0.1, 0.15) is 18.4 Å². The molecule has 16 nitrogen and oxygen atoms in total. The van der Waals surface area contributed by atoms with Crippen molar-refractivity contribution in [2.45, 2.75) is 133 Å². The fraction of sp³-hybridized carbons (Fsp3) is 0.628. The summed E-state index contributed by atoms with van der Waals surface area (Å²) in [6.45, 7) is 19.5. The monoisotopic (exact) mass is 942 g/mol. The van der Waals surface area contributed by atoms with Gasteiger partial charge in [0.15, 0.2) is 0 Å². The zero-order valence-electron chi connectivity index (χ0n) is 40.2. The zero-order valence-corrected chi connectivity index (χ0v) is 42.2. The minimum absolute atomic E-state index is 0. The Balaban J connectivity index is -0.000000425. The first-order valence-electron chi connectivity index (χ1n) is 20.5. The van der Waals surface area contributed by atoms with E-state index in [9.17, 15) is 55.9 Å². The Kier molecular flexibility index (Phi) is 39.2. The molecule has 0 saturated carbocycles. The summed E-state index contributed by atoms with van der Waals surface area (Å²) in [7, 11) is 8.08. The molecule has 3 radical (unpaired) electrons. The maximum Gasteiger partial charge on any atom is 1.00 e. The number of halogens is 4. The average Bonchev–Trinajstić information content (AvgIpc) is 3.19. The molecule has 0 aromatic carbocycles. The van der Waals surface area contributed by atoms with E-state index in [0.717, 1.165) is 29.0 Å². The van der Waals surface area contributed by atoms with Crippen LogP contribution in [0.3, 0.4) is 0 Å². The smallest absolute Gasteiger partial charge is 0.793 e. The van der Waals surface area contributed by atoms with Crippen molar-refractivity contribution in [1.82, 2.24) is 14.0 Å². The number of ether oxygens (including phenoxy) is 2. The van der Waals surface area contributed by atoms with Crippen molar-refractivity contribution < 1.29 is 99.8 Å². The summed E-state index contributed by atoms with van der Waals surface area (Å²) in [5.41, 5.74) is -2.21. The number of aldehydes is 1. The maximum atomic E-state index is 13.3. The first-order valence-corrected chi connectivity index (χ1v) is 20.5. The van der Waals surface area contributed by atoms with Gasteiger partial charge in [-0.3, -0.25) is 14.4 Å². The first-order chi connectivity index (χ1) is 29.8. The quantitative estimate of drug-likeness (QED) is 0.0555. The van der Waals surface area contributed by atoms with Gasteiger partial charge in [-0.15, -0.1) is 0 Å². The predicted molar refractivity (Wildman–Crippen MR) is 231 cm³/mol. The van der Waals surface area contributed by atoms with Crippen molar-refractivity contribution in [1.29, 1.82) is 0 Å². The van der Waals surface area contributed by atoms with Gasteiger partial charge in [0.25, 0.3) is 24.0 Å². The minimum Gasteiger partial charge on any atom is -0.793 e. The van der Waals surface area contributed by atoms with E-state index in [0.29, 0.717) is 31.2 Å². The van der Waals surface area contributed by atoms with Gasteiger partial charge in [-0.1, -0.05) is 48.0 Å². The molecule has 2 aromatic heterocycles.